The molecule has 3 atom stereocenters. The van der Waals surface area contributed by atoms with Crippen LogP contribution in [0.3, 0.4) is 0 Å². The number of ketones is 1. The molecule has 2 rings (SSSR count). The molecule has 0 bridgehead atoms. The highest BCUT2D eigenvalue weighted by Gasteiger charge is 2.35. The van der Waals surface area contributed by atoms with Crippen LogP contribution in [0.1, 0.15) is 45.2 Å². The Labute approximate surface area is 141 Å². The molecule has 0 spiro atoms. The van der Waals surface area contributed by atoms with Gasteiger partial charge in [0.05, 0.1) is 0 Å². The third-order valence-electron chi connectivity index (χ3n) is 4.10. The fraction of sp³-hybridized carbons (Fsp3) is 0.474. The van der Waals surface area contributed by atoms with E-state index in [1.54, 1.807) is 13.0 Å². The zero-order valence-electron chi connectivity index (χ0n) is 14.5. The van der Waals surface area contributed by atoms with Gasteiger partial charge >= 0.3 is 0 Å². The maximum atomic E-state index is 12.9. The van der Waals surface area contributed by atoms with Crippen molar-refractivity contribution >= 4 is 21.4 Å². The van der Waals surface area contributed by atoms with Crippen molar-refractivity contribution in [2.45, 2.75) is 39.7 Å². The molecule has 23 heavy (non-hydrogen) atoms. The summed E-state index contributed by atoms with van der Waals surface area (Å²) in [5.74, 6) is 4.40. The first-order valence-electron chi connectivity index (χ1n) is 8.23. The van der Waals surface area contributed by atoms with Gasteiger partial charge in [0, 0.05) is 34.0 Å². The van der Waals surface area contributed by atoms with Gasteiger partial charge in [-0.3, -0.25) is 9.00 Å². The molecule has 0 N–H and O–H groups in total. The first-order valence-corrected chi connectivity index (χ1v) is 10.1. The second-order valence-corrected chi connectivity index (χ2v) is 7.99. The fourth-order valence-electron chi connectivity index (χ4n) is 2.93. The van der Waals surface area contributed by atoms with E-state index in [-0.39, 0.29) is 17.7 Å². The first kappa shape index (κ1) is 19.7. The molecular formula is C19H29NO2S. The Morgan fingerprint density at radius 3 is 2.43 bits per heavy atom. The van der Waals surface area contributed by atoms with Crippen LogP contribution in [0.4, 0.5) is 0 Å². The molecular weight excluding hydrogens is 306 g/mol. The third kappa shape index (κ3) is 5.05. The lowest BCUT2D eigenvalue weighted by molar-refractivity contribution is -0.122. The van der Waals surface area contributed by atoms with Gasteiger partial charge in [-0.15, -0.1) is 6.58 Å². The van der Waals surface area contributed by atoms with Crippen LogP contribution in [0, 0.1) is 5.92 Å². The van der Waals surface area contributed by atoms with E-state index in [4.69, 9.17) is 0 Å². The zero-order chi connectivity index (χ0) is 17.5. The molecule has 0 aliphatic carbocycles. The number of Topliss-reactive ketones (excluding diaryl/α,β-unsaturated/α-hetero) is 1. The Kier molecular flexibility index (Phi) is 7.73. The van der Waals surface area contributed by atoms with Crippen LogP contribution in [0.2, 0.25) is 0 Å². The van der Waals surface area contributed by atoms with Crippen LogP contribution >= 0.6 is 0 Å². The fourth-order valence-corrected chi connectivity index (χ4v) is 4.63. The number of nitrogens with zero attached hydrogens (tertiary/aromatic N) is 1. The summed E-state index contributed by atoms with van der Waals surface area (Å²) in [6.45, 7) is 9.81. The lowest BCUT2D eigenvalue weighted by atomic mass is 9.89. The molecule has 0 amide bonds. The number of carbonyl (C=O) groups excluding carboxylic acids is 1. The van der Waals surface area contributed by atoms with Crippen molar-refractivity contribution in [3.05, 3.63) is 48.6 Å². The van der Waals surface area contributed by atoms with Crippen molar-refractivity contribution in [1.82, 2.24) is 4.31 Å². The van der Waals surface area contributed by atoms with Gasteiger partial charge in [-0.1, -0.05) is 50.3 Å². The van der Waals surface area contributed by atoms with Gasteiger partial charge in [-0.2, -0.15) is 0 Å². The van der Waals surface area contributed by atoms with E-state index in [1.165, 1.54) is 0 Å². The zero-order valence-corrected chi connectivity index (χ0v) is 15.3. The maximum Gasteiger partial charge on any atom is 0.134 e. The average Bonchev–Trinajstić information content (AvgIpc) is 2.57. The number of rotatable bonds is 5. The summed E-state index contributed by atoms with van der Waals surface area (Å²) in [6, 6.07) is 10.1. The minimum absolute atomic E-state index is 0.0441. The van der Waals surface area contributed by atoms with E-state index in [2.05, 4.69) is 24.6 Å². The number of carbonyl (C=O) groups is 1. The molecule has 3 nitrogen and oxygen atoms in total. The van der Waals surface area contributed by atoms with Gasteiger partial charge in [0.1, 0.15) is 5.78 Å². The third-order valence-corrected chi connectivity index (χ3v) is 6.12. The van der Waals surface area contributed by atoms with E-state index >= 15 is 0 Å². The average molecular weight is 336 g/mol. The lowest BCUT2D eigenvalue weighted by Crippen LogP contribution is -2.44. The van der Waals surface area contributed by atoms with Gasteiger partial charge in [-0.05, 0) is 31.2 Å². The molecule has 1 aliphatic rings. The van der Waals surface area contributed by atoms with Crippen LogP contribution in [0.25, 0.3) is 0 Å². The number of hydrogen-bond donors (Lipinski definition) is 0. The summed E-state index contributed by atoms with van der Waals surface area (Å²) in [5.41, 5.74) is 1.14. The predicted molar refractivity (Wildman–Crippen MR) is 101 cm³/mol. The molecule has 1 aromatic rings. The van der Waals surface area contributed by atoms with Crippen LogP contribution in [-0.4, -0.2) is 32.5 Å². The van der Waals surface area contributed by atoms with E-state index < -0.39 is 9.71 Å². The molecule has 1 heterocycles. The molecule has 2 unspecified atom stereocenters. The van der Waals surface area contributed by atoms with Gasteiger partial charge in [0.2, 0.25) is 0 Å². The molecule has 0 aromatic heterocycles. The van der Waals surface area contributed by atoms with Crippen LogP contribution in [0.5, 0.6) is 0 Å². The highest BCUT2D eigenvalue weighted by atomic mass is 32.2. The van der Waals surface area contributed by atoms with E-state index in [1.807, 2.05) is 36.4 Å². The highest BCUT2D eigenvalue weighted by Crippen LogP contribution is 2.35. The number of hydrogen-bond acceptors (Lipinski definition) is 2. The Morgan fingerprint density at radius 2 is 1.91 bits per heavy atom. The van der Waals surface area contributed by atoms with Gasteiger partial charge in [-0.25, -0.2) is 4.31 Å². The summed E-state index contributed by atoms with van der Waals surface area (Å²) < 4.78 is 14.9. The molecule has 0 saturated carbocycles. The van der Waals surface area contributed by atoms with Crippen molar-refractivity contribution < 1.29 is 9.00 Å². The van der Waals surface area contributed by atoms with E-state index in [9.17, 15) is 9.00 Å². The smallest absolute Gasteiger partial charge is 0.134 e. The van der Waals surface area contributed by atoms with E-state index in [0.717, 1.165) is 18.4 Å². The second kappa shape index (κ2) is 9.04. The molecule has 128 valence electrons. The minimum atomic E-state index is -2.43. The normalized spacial score (nSPS) is 24.0. The molecule has 1 aromatic carbocycles. The van der Waals surface area contributed by atoms with E-state index in [0.29, 0.717) is 12.3 Å². The quantitative estimate of drug-likeness (QED) is 0.605. The largest absolute Gasteiger partial charge is 0.300 e. The summed E-state index contributed by atoms with van der Waals surface area (Å²) in [7, 11) is -2.43. The highest BCUT2D eigenvalue weighted by molar-refractivity contribution is 7.98. The predicted octanol–water partition coefficient (Wildman–Crippen LogP) is 3.87. The molecule has 0 radical (unpaired) electrons. The number of benzene rings is 1. The SMILES string of the molecule is C=CCS(=C)(=O)N1C[C@H](C(C)=O)CCC1c1ccccc1.CC. The Hall–Kier alpha value is -1.39. The topological polar surface area (TPSA) is 37.4 Å². The van der Waals surface area contributed by atoms with Gasteiger partial charge in [0.15, 0.2) is 0 Å². The minimum Gasteiger partial charge on any atom is -0.300 e. The van der Waals surface area contributed by atoms with Crippen molar-refractivity contribution in [1.29, 1.82) is 0 Å². The van der Waals surface area contributed by atoms with Crippen LogP contribution in [0.15, 0.2) is 43.0 Å². The van der Waals surface area contributed by atoms with Crippen LogP contribution < -0.4 is 0 Å². The summed E-state index contributed by atoms with van der Waals surface area (Å²) in [4.78, 5) is 11.7. The Morgan fingerprint density at radius 1 is 1.30 bits per heavy atom. The summed E-state index contributed by atoms with van der Waals surface area (Å²) in [5, 5.41) is 0. The number of piperidine rings is 1. The van der Waals surface area contributed by atoms with Crippen molar-refractivity contribution in [2.75, 3.05) is 12.3 Å². The molecule has 1 fully saturated rings. The molecule has 1 saturated heterocycles. The van der Waals surface area contributed by atoms with Crippen molar-refractivity contribution in [3.8, 4) is 0 Å². The molecule has 4 heteroatoms. The Balaban J connectivity index is 0.00000127. The standard InChI is InChI=1S/C17H23NO2S.C2H6/c1-4-12-21(3,20)18-13-16(14(2)19)10-11-17(18)15-8-6-5-7-9-15;1-2/h4-9,16-17H,1,3,10-13H2,2H3;1-2H3/t16-,17?,21?;/m1./s1. The Bertz CT molecular complexity index is 608. The van der Waals surface area contributed by atoms with Crippen molar-refractivity contribution in [2.24, 2.45) is 5.92 Å². The maximum absolute atomic E-state index is 12.9. The summed E-state index contributed by atoms with van der Waals surface area (Å²) >= 11 is 0. The molecule has 1 aliphatic heterocycles. The van der Waals surface area contributed by atoms with Gasteiger partial charge < -0.3 is 0 Å². The summed E-state index contributed by atoms with van der Waals surface area (Å²) in [6.07, 6.45) is 3.32. The van der Waals surface area contributed by atoms with Crippen molar-refractivity contribution in [3.63, 3.8) is 0 Å². The van der Waals surface area contributed by atoms with Crippen LogP contribution in [-0.2, 0) is 14.5 Å². The van der Waals surface area contributed by atoms with Gasteiger partial charge in [0.25, 0.3) is 0 Å². The first-order chi connectivity index (χ1) is 11.0. The second-order valence-electron chi connectivity index (χ2n) is 5.64. The lowest BCUT2D eigenvalue weighted by Gasteiger charge is -2.40. The monoisotopic (exact) mass is 335 g/mol.